The Hall–Kier alpha value is -2.73. The molecule has 0 bridgehead atoms. The number of rotatable bonds is 3. The third-order valence-corrected chi connectivity index (χ3v) is 4.16. The normalized spacial score (nSPS) is 11.1. The Morgan fingerprint density at radius 3 is 3.09 bits per heavy atom. The van der Waals surface area contributed by atoms with E-state index < -0.39 is 0 Å². The predicted octanol–water partition coefficient (Wildman–Crippen LogP) is 3.13. The van der Waals surface area contributed by atoms with Gasteiger partial charge in [-0.25, -0.2) is 4.98 Å². The zero-order chi connectivity index (χ0) is 14.9. The Bertz CT molecular complexity index is 939. The van der Waals surface area contributed by atoms with E-state index in [1.54, 1.807) is 17.5 Å². The van der Waals surface area contributed by atoms with Crippen LogP contribution in [-0.2, 0) is 11.2 Å². The van der Waals surface area contributed by atoms with Crippen LogP contribution in [0.25, 0.3) is 15.9 Å². The molecule has 0 aliphatic carbocycles. The number of nitrogens with one attached hydrogen (secondary N) is 1. The summed E-state index contributed by atoms with van der Waals surface area (Å²) in [6.45, 7) is 0. The predicted molar refractivity (Wildman–Crippen MR) is 87.1 cm³/mol. The maximum absolute atomic E-state index is 12.2. The molecule has 6 heteroatoms. The van der Waals surface area contributed by atoms with Gasteiger partial charge in [0.1, 0.15) is 0 Å². The monoisotopic (exact) mass is 308 g/mol. The van der Waals surface area contributed by atoms with Gasteiger partial charge in [0.15, 0.2) is 4.96 Å². The van der Waals surface area contributed by atoms with E-state index in [9.17, 15) is 4.79 Å². The zero-order valence-corrected chi connectivity index (χ0v) is 12.4. The highest BCUT2D eigenvalue weighted by molar-refractivity contribution is 7.15. The SMILES string of the molecule is O=C(Cc1cn2ccsc2n1)Nc1cccc2cccnc12. The highest BCUT2D eigenvalue weighted by Gasteiger charge is 2.10. The van der Waals surface area contributed by atoms with E-state index in [2.05, 4.69) is 15.3 Å². The molecule has 0 radical (unpaired) electrons. The molecule has 1 aromatic carbocycles. The van der Waals surface area contributed by atoms with Crippen LogP contribution < -0.4 is 5.32 Å². The van der Waals surface area contributed by atoms with Crippen LogP contribution in [0.1, 0.15) is 5.69 Å². The average Bonchev–Trinajstić information content (AvgIpc) is 3.09. The van der Waals surface area contributed by atoms with Gasteiger partial charge in [-0.2, -0.15) is 0 Å². The lowest BCUT2D eigenvalue weighted by Gasteiger charge is -2.07. The van der Waals surface area contributed by atoms with E-state index in [0.717, 1.165) is 27.2 Å². The Morgan fingerprint density at radius 2 is 2.18 bits per heavy atom. The standard InChI is InChI=1S/C16H12N4OS/c21-14(9-12-10-20-7-8-22-16(20)18-12)19-13-5-1-3-11-4-2-6-17-15(11)13/h1-8,10H,9H2,(H,19,21). The number of para-hydroxylation sites is 1. The lowest BCUT2D eigenvalue weighted by Crippen LogP contribution is -2.15. The number of carbonyl (C=O) groups excluding carboxylic acids is 1. The fourth-order valence-electron chi connectivity index (χ4n) is 2.43. The van der Waals surface area contributed by atoms with E-state index in [1.807, 2.05) is 52.5 Å². The molecule has 1 amide bonds. The number of thiazole rings is 1. The van der Waals surface area contributed by atoms with Gasteiger partial charge >= 0.3 is 0 Å². The number of fused-ring (bicyclic) bond motifs is 2. The molecule has 5 nitrogen and oxygen atoms in total. The number of nitrogens with zero attached hydrogens (tertiary/aromatic N) is 3. The summed E-state index contributed by atoms with van der Waals surface area (Å²) >= 11 is 1.55. The molecule has 0 atom stereocenters. The van der Waals surface area contributed by atoms with Crippen molar-refractivity contribution < 1.29 is 4.79 Å². The minimum absolute atomic E-state index is 0.0936. The van der Waals surface area contributed by atoms with Crippen LogP contribution in [0.4, 0.5) is 5.69 Å². The first kappa shape index (κ1) is 13.0. The van der Waals surface area contributed by atoms with Gasteiger partial charge in [-0.05, 0) is 12.1 Å². The fraction of sp³-hybridized carbons (Fsp3) is 0.0625. The van der Waals surface area contributed by atoms with Gasteiger partial charge in [0.05, 0.1) is 23.3 Å². The molecule has 0 saturated carbocycles. The number of anilines is 1. The molecule has 3 aromatic heterocycles. The molecular weight excluding hydrogens is 296 g/mol. The van der Waals surface area contributed by atoms with E-state index in [-0.39, 0.29) is 12.3 Å². The van der Waals surface area contributed by atoms with Gasteiger partial charge in [-0.1, -0.05) is 18.2 Å². The van der Waals surface area contributed by atoms with Gasteiger partial charge in [0.25, 0.3) is 0 Å². The molecule has 0 aliphatic rings. The van der Waals surface area contributed by atoms with Crippen molar-refractivity contribution in [3.8, 4) is 0 Å². The van der Waals surface area contributed by atoms with E-state index in [4.69, 9.17) is 0 Å². The summed E-state index contributed by atoms with van der Waals surface area (Å²) < 4.78 is 1.92. The molecule has 0 fully saturated rings. The van der Waals surface area contributed by atoms with Crippen molar-refractivity contribution in [3.63, 3.8) is 0 Å². The Labute approximate surface area is 130 Å². The molecule has 108 valence electrons. The van der Waals surface area contributed by atoms with Crippen molar-refractivity contribution in [1.29, 1.82) is 0 Å². The maximum atomic E-state index is 12.2. The summed E-state index contributed by atoms with van der Waals surface area (Å²) in [5.74, 6) is -0.0936. The van der Waals surface area contributed by atoms with Crippen molar-refractivity contribution in [3.05, 3.63) is 60.0 Å². The minimum Gasteiger partial charge on any atom is -0.324 e. The van der Waals surface area contributed by atoms with Crippen molar-refractivity contribution >= 4 is 38.8 Å². The number of benzene rings is 1. The Morgan fingerprint density at radius 1 is 1.27 bits per heavy atom. The third kappa shape index (κ3) is 2.33. The smallest absolute Gasteiger partial charge is 0.230 e. The molecule has 0 spiro atoms. The molecule has 1 N–H and O–H groups in total. The molecule has 4 aromatic rings. The second-order valence-corrected chi connectivity index (χ2v) is 5.80. The van der Waals surface area contributed by atoms with Gasteiger partial charge < -0.3 is 5.32 Å². The summed E-state index contributed by atoms with van der Waals surface area (Å²) in [6.07, 6.45) is 5.79. The van der Waals surface area contributed by atoms with Gasteiger partial charge in [0.2, 0.25) is 5.91 Å². The number of amides is 1. The highest BCUT2D eigenvalue weighted by atomic mass is 32.1. The first-order valence-corrected chi connectivity index (χ1v) is 7.72. The summed E-state index contributed by atoms with van der Waals surface area (Å²) in [4.78, 5) is 21.9. The maximum Gasteiger partial charge on any atom is 0.230 e. The van der Waals surface area contributed by atoms with Crippen molar-refractivity contribution in [1.82, 2.24) is 14.4 Å². The first-order valence-electron chi connectivity index (χ1n) is 6.84. The second-order valence-electron chi connectivity index (χ2n) is 4.93. The van der Waals surface area contributed by atoms with Crippen LogP contribution in [0.15, 0.2) is 54.3 Å². The Kier molecular flexibility index (Phi) is 3.08. The lowest BCUT2D eigenvalue weighted by molar-refractivity contribution is -0.115. The third-order valence-electron chi connectivity index (χ3n) is 3.39. The van der Waals surface area contributed by atoms with Crippen LogP contribution in [0, 0.1) is 0 Å². The van der Waals surface area contributed by atoms with E-state index >= 15 is 0 Å². The Balaban J connectivity index is 1.57. The summed E-state index contributed by atoms with van der Waals surface area (Å²) in [5.41, 5.74) is 2.28. The number of hydrogen-bond donors (Lipinski definition) is 1. The second kappa shape index (κ2) is 5.23. The number of aromatic nitrogens is 3. The lowest BCUT2D eigenvalue weighted by atomic mass is 10.2. The molecule has 22 heavy (non-hydrogen) atoms. The van der Waals surface area contributed by atoms with E-state index in [1.165, 1.54) is 0 Å². The molecule has 4 rings (SSSR count). The summed E-state index contributed by atoms with van der Waals surface area (Å²) in [7, 11) is 0. The van der Waals surface area contributed by atoms with Gasteiger partial charge in [0, 0.05) is 29.4 Å². The van der Waals surface area contributed by atoms with Crippen LogP contribution in [0.3, 0.4) is 0 Å². The highest BCUT2D eigenvalue weighted by Crippen LogP contribution is 2.21. The number of imidazole rings is 1. The van der Waals surface area contributed by atoms with Crippen LogP contribution in [-0.4, -0.2) is 20.3 Å². The number of hydrogen-bond acceptors (Lipinski definition) is 4. The molecule has 3 heterocycles. The minimum atomic E-state index is -0.0936. The fourth-order valence-corrected chi connectivity index (χ4v) is 3.14. The molecule has 0 saturated heterocycles. The van der Waals surface area contributed by atoms with Crippen molar-refractivity contribution in [2.45, 2.75) is 6.42 Å². The number of pyridine rings is 1. The first-order chi connectivity index (χ1) is 10.8. The molecule has 0 unspecified atom stereocenters. The quantitative estimate of drug-likeness (QED) is 0.632. The summed E-state index contributed by atoms with van der Waals surface area (Å²) in [6, 6.07) is 9.60. The van der Waals surface area contributed by atoms with Gasteiger partial charge in [-0.3, -0.25) is 14.2 Å². The molecule has 0 aliphatic heterocycles. The van der Waals surface area contributed by atoms with Crippen LogP contribution in [0.2, 0.25) is 0 Å². The van der Waals surface area contributed by atoms with Crippen LogP contribution in [0.5, 0.6) is 0 Å². The number of carbonyl (C=O) groups is 1. The largest absolute Gasteiger partial charge is 0.324 e. The summed E-state index contributed by atoms with van der Waals surface area (Å²) in [5, 5.41) is 5.89. The topological polar surface area (TPSA) is 59.3 Å². The average molecular weight is 308 g/mol. The van der Waals surface area contributed by atoms with Crippen LogP contribution >= 0.6 is 11.3 Å². The van der Waals surface area contributed by atoms with Crippen molar-refractivity contribution in [2.75, 3.05) is 5.32 Å². The van der Waals surface area contributed by atoms with Gasteiger partial charge in [-0.15, -0.1) is 11.3 Å². The zero-order valence-electron chi connectivity index (χ0n) is 11.6. The molecular formula is C16H12N4OS. The van der Waals surface area contributed by atoms with E-state index in [0.29, 0.717) is 0 Å². The van der Waals surface area contributed by atoms with Crippen molar-refractivity contribution in [2.24, 2.45) is 0 Å².